The van der Waals surface area contributed by atoms with Gasteiger partial charge in [-0.05, 0) is 104 Å². The molecule has 0 aliphatic heterocycles. The largest absolute Gasteiger partial charge is 0.390 e. The Labute approximate surface area is 191 Å². The van der Waals surface area contributed by atoms with Gasteiger partial charge in [-0.15, -0.1) is 0 Å². The highest BCUT2D eigenvalue weighted by Crippen LogP contribution is 2.66. The highest BCUT2D eigenvalue weighted by molar-refractivity contribution is 5.28. The molecular weight excluding hydrogens is 380 g/mol. The fourth-order valence-corrected chi connectivity index (χ4v) is 8.75. The maximum absolute atomic E-state index is 10.8. The molecule has 4 aliphatic carbocycles. The first-order valence-electron chi connectivity index (χ1n) is 13.4. The molecule has 1 unspecified atom stereocenters. The Hall–Kier alpha value is -0.600. The monoisotopic (exact) mass is 428 g/mol. The zero-order valence-electron chi connectivity index (χ0n) is 21.0. The molecule has 31 heavy (non-hydrogen) atoms. The summed E-state index contributed by atoms with van der Waals surface area (Å²) in [6, 6.07) is 0. The van der Waals surface area contributed by atoms with Crippen LogP contribution < -0.4 is 0 Å². The molecule has 4 aliphatic rings. The van der Waals surface area contributed by atoms with Crippen molar-refractivity contribution in [2.45, 2.75) is 105 Å². The van der Waals surface area contributed by atoms with Gasteiger partial charge in [-0.1, -0.05) is 65.3 Å². The van der Waals surface area contributed by atoms with Crippen LogP contribution in [-0.2, 0) is 0 Å². The molecule has 3 saturated carbocycles. The molecule has 2 heteroatoms. The number of allylic oxidation sites excluding steroid dienone is 4. The van der Waals surface area contributed by atoms with Crippen LogP contribution in [0.3, 0.4) is 0 Å². The lowest BCUT2D eigenvalue weighted by molar-refractivity contribution is -0.124. The summed E-state index contributed by atoms with van der Waals surface area (Å²) in [5, 5.41) is 21.0. The summed E-state index contributed by atoms with van der Waals surface area (Å²) in [6.45, 7) is 14.5. The summed E-state index contributed by atoms with van der Waals surface area (Å²) in [6.07, 6.45) is 15.9. The van der Waals surface area contributed by atoms with Crippen LogP contribution in [0.4, 0.5) is 0 Å². The van der Waals surface area contributed by atoms with Gasteiger partial charge in [-0.2, -0.15) is 0 Å². The van der Waals surface area contributed by atoms with Gasteiger partial charge in [0.2, 0.25) is 0 Å². The number of hydrogen-bond acceptors (Lipinski definition) is 2. The fourth-order valence-electron chi connectivity index (χ4n) is 8.75. The minimum Gasteiger partial charge on any atom is -0.390 e. The lowest BCUT2D eigenvalue weighted by Crippen LogP contribution is -2.55. The SMILES string of the molecule is CC[C@H](C=C[C@@H](C)[C@H]1CC[C@H]2C3=CCC4[C@@H](O)[C@@H](O)CC[C@]4(C)[C@H]3CC[C@]12C)C(C)C. The molecule has 0 radical (unpaired) electrons. The van der Waals surface area contributed by atoms with E-state index in [4.69, 9.17) is 0 Å². The van der Waals surface area contributed by atoms with Crippen molar-refractivity contribution in [3.05, 3.63) is 23.8 Å². The van der Waals surface area contributed by atoms with Crippen LogP contribution in [0.2, 0.25) is 0 Å². The molecule has 2 N–H and O–H groups in total. The van der Waals surface area contributed by atoms with Crippen LogP contribution in [0.1, 0.15) is 92.9 Å². The molecule has 4 rings (SSSR count). The van der Waals surface area contributed by atoms with Crippen molar-refractivity contribution < 1.29 is 10.2 Å². The Morgan fingerprint density at radius 3 is 2.32 bits per heavy atom. The fraction of sp³-hybridized carbons (Fsp3) is 0.862. The Morgan fingerprint density at radius 1 is 0.968 bits per heavy atom. The van der Waals surface area contributed by atoms with Gasteiger partial charge in [-0.25, -0.2) is 0 Å². The summed E-state index contributed by atoms with van der Waals surface area (Å²) in [4.78, 5) is 0. The van der Waals surface area contributed by atoms with Crippen molar-refractivity contribution in [2.24, 2.45) is 52.3 Å². The average molecular weight is 429 g/mol. The third kappa shape index (κ3) is 3.78. The van der Waals surface area contributed by atoms with E-state index in [2.05, 4.69) is 59.8 Å². The topological polar surface area (TPSA) is 40.5 Å². The van der Waals surface area contributed by atoms with Gasteiger partial charge in [0, 0.05) is 0 Å². The minimum atomic E-state index is -0.543. The van der Waals surface area contributed by atoms with E-state index in [9.17, 15) is 10.2 Å². The van der Waals surface area contributed by atoms with Crippen molar-refractivity contribution in [3.63, 3.8) is 0 Å². The molecule has 0 aromatic carbocycles. The number of fused-ring (bicyclic) bond motifs is 5. The van der Waals surface area contributed by atoms with Crippen molar-refractivity contribution in [1.29, 1.82) is 0 Å². The van der Waals surface area contributed by atoms with Crippen LogP contribution in [0.25, 0.3) is 0 Å². The third-order valence-electron chi connectivity index (χ3n) is 10.8. The molecule has 0 amide bonds. The Kier molecular flexibility index (Phi) is 6.56. The summed E-state index contributed by atoms with van der Waals surface area (Å²) in [5.74, 6) is 4.43. The maximum Gasteiger partial charge on any atom is 0.0835 e. The van der Waals surface area contributed by atoms with Crippen LogP contribution in [-0.4, -0.2) is 22.4 Å². The van der Waals surface area contributed by atoms with E-state index in [1.165, 1.54) is 32.1 Å². The second-order valence-electron chi connectivity index (χ2n) is 12.5. The lowest BCUT2D eigenvalue weighted by atomic mass is 9.47. The van der Waals surface area contributed by atoms with Crippen LogP contribution in [0, 0.1) is 52.3 Å². The molecule has 176 valence electrons. The lowest BCUT2D eigenvalue weighted by Gasteiger charge is -2.58. The average Bonchev–Trinajstić information content (AvgIpc) is 3.08. The molecule has 0 aromatic heterocycles. The number of rotatable bonds is 5. The zero-order valence-corrected chi connectivity index (χ0v) is 21.0. The molecule has 2 nitrogen and oxygen atoms in total. The minimum absolute atomic E-state index is 0.166. The van der Waals surface area contributed by atoms with Crippen molar-refractivity contribution in [2.75, 3.05) is 0 Å². The van der Waals surface area contributed by atoms with Gasteiger partial charge >= 0.3 is 0 Å². The second kappa shape index (κ2) is 8.64. The number of hydrogen-bond donors (Lipinski definition) is 2. The predicted molar refractivity (Wildman–Crippen MR) is 130 cm³/mol. The van der Waals surface area contributed by atoms with E-state index >= 15 is 0 Å². The standard InChI is InChI=1S/C29H48O2/c1-7-20(18(2)3)9-8-19(4)22-12-13-23-21-10-11-25-27(31)26(30)15-17-29(25,6)24(21)14-16-28(22,23)5/h8-10,18-20,22-27,30-31H,7,11-17H2,1-6H3/t19-,20-,22-,23+,24+,25?,26+,27-,28-,29-/m1/s1. The Balaban J connectivity index is 1.55. The van der Waals surface area contributed by atoms with E-state index < -0.39 is 12.2 Å². The summed E-state index contributed by atoms with van der Waals surface area (Å²) in [5.41, 5.74) is 2.32. The molecule has 0 bridgehead atoms. The third-order valence-corrected chi connectivity index (χ3v) is 10.8. The normalized spacial score (nSPS) is 46.9. The van der Waals surface area contributed by atoms with Gasteiger partial charge < -0.3 is 10.2 Å². The summed E-state index contributed by atoms with van der Waals surface area (Å²) >= 11 is 0. The summed E-state index contributed by atoms with van der Waals surface area (Å²) < 4.78 is 0. The first kappa shape index (κ1) is 23.6. The molecular formula is C29H48O2. The second-order valence-corrected chi connectivity index (χ2v) is 12.5. The van der Waals surface area contributed by atoms with E-state index in [1.54, 1.807) is 5.57 Å². The van der Waals surface area contributed by atoms with Crippen LogP contribution >= 0.6 is 0 Å². The number of aliphatic hydroxyl groups is 2. The van der Waals surface area contributed by atoms with E-state index in [0.717, 1.165) is 37.0 Å². The Morgan fingerprint density at radius 2 is 1.65 bits per heavy atom. The maximum atomic E-state index is 10.8. The number of aliphatic hydroxyl groups excluding tert-OH is 2. The quantitative estimate of drug-likeness (QED) is 0.474. The van der Waals surface area contributed by atoms with E-state index in [-0.39, 0.29) is 11.3 Å². The highest BCUT2D eigenvalue weighted by atomic mass is 16.3. The highest BCUT2D eigenvalue weighted by Gasteiger charge is 2.59. The van der Waals surface area contributed by atoms with Crippen molar-refractivity contribution >= 4 is 0 Å². The molecule has 0 spiro atoms. The van der Waals surface area contributed by atoms with Crippen LogP contribution in [0.5, 0.6) is 0 Å². The predicted octanol–water partition coefficient (Wildman–Crippen LogP) is 6.77. The van der Waals surface area contributed by atoms with E-state index in [0.29, 0.717) is 23.2 Å². The van der Waals surface area contributed by atoms with Gasteiger partial charge in [0.15, 0.2) is 0 Å². The first-order valence-corrected chi connectivity index (χ1v) is 13.4. The van der Waals surface area contributed by atoms with E-state index in [1.807, 2.05) is 0 Å². The van der Waals surface area contributed by atoms with Crippen molar-refractivity contribution in [3.8, 4) is 0 Å². The Bertz CT molecular complexity index is 708. The smallest absolute Gasteiger partial charge is 0.0835 e. The summed E-state index contributed by atoms with van der Waals surface area (Å²) in [7, 11) is 0. The molecule has 0 aromatic rings. The molecule has 10 atom stereocenters. The van der Waals surface area contributed by atoms with Gasteiger partial charge in [-0.3, -0.25) is 0 Å². The van der Waals surface area contributed by atoms with Crippen molar-refractivity contribution in [1.82, 2.24) is 0 Å². The molecule has 0 saturated heterocycles. The first-order chi connectivity index (χ1) is 14.6. The van der Waals surface area contributed by atoms with Crippen LogP contribution in [0.15, 0.2) is 23.8 Å². The van der Waals surface area contributed by atoms with Gasteiger partial charge in [0.1, 0.15) is 0 Å². The van der Waals surface area contributed by atoms with Gasteiger partial charge in [0.25, 0.3) is 0 Å². The molecule has 3 fully saturated rings. The molecule has 0 heterocycles. The van der Waals surface area contributed by atoms with Gasteiger partial charge in [0.05, 0.1) is 12.2 Å². The zero-order chi connectivity index (χ0) is 22.6.